The highest BCUT2D eigenvalue weighted by Gasteiger charge is 2.11. The highest BCUT2D eigenvalue weighted by atomic mass is 32.2. The van der Waals surface area contributed by atoms with Gasteiger partial charge in [-0.05, 0) is 23.8 Å². The van der Waals surface area contributed by atoms with Crippen molar-refractivity contribution in [3.8, 4) is 6.07 Å². The molecule has 1 aromatic rings. The van der Waals surface area contributed by atoms with Crippen molar-refractivity contribution in [2.45, 2.75) is 11.8 Å². The number of carbonyl (C=O) groups is 1. The molecule has 3 N–H and O–H groups in total. The molecule has 0 radical (unpaired) electrons. The van der Waals surface area contributed by atoms with E-state index in [-0.39, 0.29) is 11.3 Å². The number of hydrogen-bond donors (Lipinski definition) is 2. The summed E-state index contributed by atoms with van der Waals surface area (Å²) in [4.78, 5) is 10.5. The standard InChI is InChI=1S/C11H11FN2O2S/c12-9-2-7(4-13)1-8(3-9)5-17-6-10(14)11(15)16/h1-3,10H,5-6,14H2,(H,15,16)/t10-/m0/s1. The summed E-state index contributed by atoms with van der Waals surface area (Å²) in [7, 11) is 0. The van der Waals surface area contributed by atoms with Crippen molar-refractivity contribution in [3.63, 3.8) is 0 Å². The lowest BCUT2D eigenvalue weighted by atomic mass is 10.1. The molecule has 0 spiro atoms. The van der Waals surface area contributed by atoms with E-state index < -0.39 is 17.8 Å². The predicted molar refractivity (Wildman–Crippen MR) is 62.9 cm³/mol. The van der Waals surface area contributed by atoms with Crippen LogP contribution in [0.3, 0.4) is 0 Å². The number of nitrogens with two attached hydrogens (primary N) is 1. The molecular weight excluding hydrogens is 243 g/mol. The molecule has 17 heavy (non-hydrogen) atoms. The van der Waals surface area contributed by atoms with Crippen molar-refractivity contribution in [1.29, 1.82) is 5.26 Å². The fraction of sp³-hybridized carbons (Fsp3) is 0.273. The summed E-state index contributed by atoms with van der Waals surface area (Å²) in [6.45, 7) is 0. The number of hydrogen-bond acceptors (Lipinski definition) is 4. The Bertz CT molecular complexity index is 459. The minimum absolute atomic E-state index is 0.244. The van der Waals surface area contributed by atoms with E-state index in [1.807, 2.05) is 6.07 Å². The molecule has 0 aliphatic carbocycles. The molecular formula is C11H11FN2O2S. The van der Waals surface area contributed by atoms with Gasteiger partial charge in [-0.2, -0.15) is 17.0 Å². The molecule has 1 aromatic carbocycles. The number of carboxylic acids is 1. The Kier molecular flexibility index (Phi) is 4.94. The Labute approximate surface area is 102 Å². The van der Waals surface area contributed by atoms with E-state index in [0.29, 0.717) is 11.3 Å². The first-order valence-electron chi connectivity index (χ1n) is 4.78. The minimum atomic E-state index is -1.06. The van der Waals surface area contributed by atoms with Crippen LogP contribution in [0.25, 0.3) is 0 Å². The number of nitrogens with zero attached hydrogens (tertiary/aromatic N) is 1. The van der Waals surface area contributed by atoms with E-state index in [2.05, 4.69) is 0 Å². The molecule has 1 rings (SSSR count). The third kappa shape index (κ3) is 4.43. The average molecular weight is 254 g/mol. The molecule has 0 unspecified atom stereocenters. The van der Waals surface area contributed by atoms with Crippen molar-refractivity contribution in [1.82, 2.24) is 0 Å². The average Bonchev–Trinajstić information content (AvgIpc) is 2.27. The second-order valence-electron chi connectivity index (χ2n) is 3.42. The first kappa shape index (κ1) is 13.5. The monoisotopic (exact) mass is 254 g/mol. The number of carboxylic acid groups (broad SMARTS) is 1. The van der Waals surface area contributed by atoms with Gasteiger partial charge in [-0.15, -0.1) is 0 Å². The molecule has 0 bridgehead atoms. The Morgan fingerprint density at radius 1 is 1.59 bits per heavy atom. The molecule has 0 saturated heterocycles. The topological polar surface area (TPSA) is 87.1 Å². The fourth-order valence-electron chi connectivity index (χ4n) is 1.17. The van der Waals surface area contributed by atoms with Gasteiger partial charge in [-0.25, -0.2) is 4.39 Å². The van der Waals surface area contributed by atoms with Crippen molar-refractivity contribution in [2.24, 2.45) is 5.73 Å². The van der Waals surface area contributed by atoms with Crippen molar-refractivity contribution < 1.29 is 14.3 Å². The van der Waals surface area contributed by atoms with Crippen molar-refractivity contribution in [3.05, 3.63) is 35.1 Å². The lowest BCUT2D eigenvalue weighted by Crippen LogP contribution is -2.32. The van der Waals surface area contributed by atoms with Crippen LogP contribution in [0.15, 0.2) is 18.2 Å². The van der Waals surface area contributed by atoms with Gasteiger partial charge < -0.3 is 10.8 Å². The van der Waals surface area contributed by atoms with Crippen molar-refractivity contribution >= 4 is 17.7 Å². The molecule has 90 valence electrons. The van der Waals surface area contributed by atoms with Gasteiger partial charge in [0.25, 0.3) is 0 Å². The summed E-state index contributed by atoms with van der Waals surface area (Å²) in [5, 5.41) is 17.2. The van der Waals surface area contributed by atoms with Gasteiger partial charge in [-0.3, -0.25) is 4.79 Å². The second-order valence-corrected chi connectivity index (χ2v) is 4.45. The second kappa shape index (κ2) is 6.23. The highest BCUT2D eigenvalue weighted by molar-refractivity contribution is 7.98. The molecule has 0 heterocycles. The molecule has 4 nitrogen and oxygen atoms in total. The maximum atomic E-state index is 13.0. The lowest BCUT2D eigenvalue weighted by Gasteiger charge is -2.06. The molecule has 0 aliphatic rings. The molecule has 0 fully saturated rings. The van der Waals surface area contributed by atoms with Crippen LogP contribution in [0.2, 0.25) is 0 Å². The zero-order chi connectivity index (χ0) is 12.8. The largest absolute Gasteiger partial charge is 0.480 e. The first-order chi connectivity index (χ1) is 8.02. The number of benzene rings is 1. The summed E-state index contributed by atoms with van der Waals surface area (Å²) < 4.78 is 13.0. The molecule has 0 amide bonds. The summed E-state index contributed by atoms with van der Waals surface area (Å²) in [5.41, 5.74) is 6.22. The predicted octanol–water partition coefficient (Wildman–Crippen LogP) is 1.34. The number of aliphatic carboxylic acids is 1. The van der Waals surface area contributed by atoms with E-state index in [1.54, 1.807) is 6.07 Å². The van der Waals surface area contributed by atoms with E-state index in [9.17, 15) is 9.18 Å². The van der Waals surface area contributed by atoms with Gasteiger partial charge in [0.2, 0.25) is 0 Å². The smallest absolute Gasteiger partial charge is 0.321 e. The highest BCUT2D eigenvalue weighted by Crippen LogP contribution is 2.16. The summed E-state index contributed by atoms with van der Waals surface area (Å²) >= 11 is 1.29. The van der Waals surface area contributed by atoms with E-state index >= 15 is 0 Å². The van der Waals surface area contributed by atoms with Crippen LogP contribution < -0.4 is 5.73 Å². The van der Waals surface area contributed by atoms with Crippen LogP contribution in [-0.4, -0.2) is 22.9 Å². The van der Waals surface area contributed by atoms with Gasteiger partial charge in [0.1, 0.15) is 11.9 Å². The van der Waals surface area contributed by atoms with Gasteiger partial charge in [-0.1, -0.05) is 0 Å². The first-order valence-corrected chi connectivity index (χ1v) is 5.94. The van der Waals surface area contributed by atoms with Crippen LogP contribution in [0.5, 0.6) is 0 Å². The fourth-order valence-corrected chi connectivity index (χ4v) is 2.09. The Balaban J connectivity index is 2.55. The normalized spacial score (nSPS) is 11.8. The Morgan fingerprint density at radius 2 is 2.29 bits per heavy atom. The molecule has 0 aromatic heterocycles. The summed E-state index contributed by atoms with van der Waals surface area (Å²) in [6, 6.07) is 4.97. The molecule has 0 saturated carbocycles. The van der Waals surface area contributed by atoms with Gasteiger partial charge in [0.15, 0.2) is 0 Å². The third-order valence-corrected chi connectivity index (χ3v) is 3.10. The SMILES string of the molecule is N#Cc1cc(F)cc(CSC[C@H](N)C(=O)O)c1. The summed E-state index contributed by atoms with van der Waals surface area (Å²) in [6.07, 6.45) is 0. The van der Waals surface area contributed by atoms with E-state index in [0.717, 1.165) is 6.07 Å². The Hall–Kier alpha value is -1.58. The number of rotatable bonds is 5. The van der Waals surface area contributed by atoms with Gasteiger partial charge in [0.05, 0.1) is 11.6 Å². The number of nitriles is 1. The quantitative estimate of drug-likeness (QED) is 0.828. The number of thioether (sulfide) groups is 1. The van der Waals surface area contributed by atoms with E-state index in [4.69, 9.17) is 16.1 Å². The van der Waals surface area contributed by atoms with Gasteiger partial charge in [0, 0.05) is 11.5 Å². The molecule has 6 heteroatoms. The van der Waals surface area contributed by atoms with Gasteiger partial charge >= 0.3 is 5.97 Å². The molecule has 1 atom stereocenters. The van der Waals surface area contributed by atoms with Crippen LogP contribution in [-0.2, 0) is 10.5 Å². The van der Waals surface area contributed by atoms with Crippen LogP contribution in [0.4, 0.5) is 4.39 Å². The maximum absolute atomic E-state index is 13.0. The van der Waals surface area contributed by atoms with Crippen molar-refractivity contribution in [2.75, 3.05) is 5.75 Å². The lowest BCUT2D eigenvalue weighted by molar-refractivity contribution is -0.137. The molecule has 0 aliphatic heterocycles. The van der Waals surface area contributed by atoms with E-state index in [1.165, 1.54) is 17.8 Å². The number of halogens is 1. The maximum Gasteiger partial charge on any atom is 0.321 e. The minimum Gasteiger partial charge on any atom is -0.480 e. The zero-order valence-electron chi connectivity index (χ0n) is 8.89. The third-order valence-electron chi connectivity index (χ3n) is 1.97. The Morgan fingerprint density at radius 3 is 2.88 bits per heavy atom. The van der Waals surface area contributed by atoms with Crippen LogP contribution in [0.1, 0.15) is 11.1 Å². The van der Waals surface area contributed by atoms with Crippen LogP contribution in [0, 0.1) is 17.1 Å². The zero-order valence-corrected chi connectivity index (χ0v) is 9.71. The summed E-state index contributed by atoms with van der Waals surface area (Å²) in [5.74, 6) is -0.863. The van der Waals surface area contributed by atoms with Crippen LogP contribution >= 0.6 is 11.8 Å².